The van der Waals surface area contributed by atoms with E-state index in [0.717, 1.165) is 4.90 Å². The van der Waals surface area contributed by atoms with Gasteiger partial charge in [0.2, 0.25) is 0 Å². The van der Waals surface area contributed by atoms with E-state index in [1.807, 2.05) is 13.8 Å². The van der Waals surface area contributed by atoms with Crippen molar-refractivity contribution in [3.05, 3.63) is 47.7 Å². The van der Waals surface area contributed by atoms with E-state index in [9.17, 15) is 22.8 Å². The van der Waals surface area contributed by atoms with Crippen molar-refractivity contribution >= 4 is 35.2 Å². The number of pyridine rings is 1. The van der Waals surface area contributed by atoms with Crippen LogP contribution in [0.4, 0.5) is 29.5 Å². The fourth-order valence-corrected chi connectivity index (χ4v) is 3.77. The number of nitrogen functional groups attached to an aromatic ring is 1. The van der Waals surface area contributed by atoms with Gasteiger partial charge in [-0.2, -0.15) is 13.2 Å². The molecule has 10 heteroatoms. The van der Waals surface area contributed by atoms with E-state index in [2.05, 4.69) is 16.8 Å². The van der Waals surface area contributed by atoms with Gasteiger partial charge in [0.25, 0.3) is 5.91 Å². The predicted molar refractivity (Wildman–Crippen MR) is 121 cm³/mol. The number of nitrogens with zero attached hydrogens (tertiary/aromatic N) is 3. The molecule has 0 saturated carbocycles. The van der Waals surface area contributed by atoms with Gasteiger partial charge in [-0.3, -0.25) is 4.79 Å². The highest BCUT2D eigenvalue weighted by Crippen LogP contribution is 2.39. The maximum Gasteiger partial charge on any atom is 0.446 e. The molecule has 3 rings (SSSR count). The van der Waals surface area contributed by atoms with Crippen molar-refractivity contribution < 1.29 is 22.8 Å². The first kappa shape index (κ1) is 24.5. The van der Waals surface area contributed by atoms with Gasteiger partial charge in [-0.05, 0) is 61.5 Å². The molecule has 2 N–H and O–H groups in total. The van der Waals surface area contributed by atoms with Gasteiger partial charge in [-0.25, -0.2) is 14.7 Å². The number of hydrogen-bond donors (Lipinski definition) is 1. The second kappa shape index (κ2) is 8.98. The number of halogens is 3. The Kier molecular flexibility index (Phi) is 6.65. The summed E-state index contributed by atoms with van der Waals surface area (Å²) in [6.07, 6.45) is 1.52. The number of rotatable bonds is 4. The molecule has 2 heterocycles. The van der Waals surface area contributed by atoms with Crippen LogP contribution in [-0.2, 0) is 11.3 Å². The van der Waals surface area contributed by atoms with Crippen LogP contribution in [0.3, 0.4) is 0 Å². The van der Waals surface area contributed by atoms with E-state index in [4.69, 9.17) is 5.73 Å². The average molecular weight is 477 g/mol. The molecule has 1 aromatic carbocycles. The molecular formula is C23H23F3N4O2S. The Morgan fingerprint density at radius 1 is 1.18 bits per heavy atom. The second-order valence-electron chi connectivity index (χ2n) is 8.31. The molecule has 174 valence electrons. The summed E-state index contributed by atoms with van der Waals surface area (Å²) in [5, 5.41) is 0. The molecule has 0 aliphatic carbocycles. The fourth-order valence-electron chi connectivity index (χ4n) is 3.24. The third kappa shape index (κ3) is 5.42. The van der Waals surface area contributed by atoms with Gasteiger partial charge in [-0.1, -0.05) is 25.7 Å². The number of benzene rings is 1. The van der Waals surface area contributed by atoms with Crippen molar-refractivity contribution in [2.24, 2.45) is 5.92 Å². The van der Waals surface area contributed by atoms with Gasteiger partial charge in [0.05, 0.1) is 17.8 Å². The highest BCUT2D eigenvalue weighted by atomic mass is 32.2. The summed E-state index contributed by atoms with van der Waals surface area (Å²) in [6, 6.07) is 6.27. The molecule has 0 bridgehead atoms. The number of anilines is 2. The molecule has 1 saturated heterocycles. The minimum atomic E-state index is -4.43. The lowest BCUT2D eigenvalue weighted by molar-refractivity contribution is -0.123. The Labute approximate surface area is 194 Å². The summed E-state index contributed by atoms with van der Waals surface area (Å²) in [5.74, 6) is 5.92. The van der Waals surface area contributed by atoms with Crippen molar-refractivity contribution in [2.45, 2.75) is 50.2 Å². The van der Waals surface area contributed by atoms with Crippen LogP contribution >= 0.6 is 11.8 Å². The molecule has 0 unspecified atom stereocenters. The van der Waals surface area contributed by atoms with Crippen LogP contribution in [0.15, 0.2) is 41.4 Å². The van der Waals surface area contributed by atoms with Gasteiger partial charge in [0.1, 0.15) is 11.4 Å². The first-order valence-corrected chi connectivity index (χ1v) is 10.9. The zero-order chi connectivity index (χ0) is 24.6. The summed E-state index contributed by atoms with van der Waals surface area (Å²) >= 11 is -0.263. The smallest absolute Gasteiger partial charge is 0.383 e. The average Bonchev–Trinajstić information content (AvgIpc) is 2.87. The van der Waals surface area contributed by atoms with Crippen molar-refractivity contribution in [3.8, 4) is 11.8 Å². The van der Waals surface area contributed by atoms with Gasteiger partial charge < -0.3 is 10.6 Å². The van der Waals surface area contributed by atoms with Gasteiger partial charge in [0.15, 0.2) is 0 Å². The Balaban J connectivity index is 1.87. The van der Waals surface area contributed by atoms with Crippen LogP contribution in [0.25, 0.3) is 0 Å². The van der Waals surface area contributed by atoms with Gasteiger partial charge >= 0.3 is 11.5 Å². The molecule has 0 atom stereocenters. The van der Waals surface area contributed by atoms with Crippen molar-refractivity contribution in [2.75, 3.05) is 10.6 Å². The molecule has 3 amide bonds. The molecule has 1 fully saturated rings. The first-order chi connectivity index (χ1) is 15.3. The minimum absolute atomic E-state index is 0.0375. The number of imide groups is 1. The van der Waals surface area contributed by atoms with E-state index in [1.165, 1.54) is 35.4 Å². The number of carbonyl (C=O) groups excluding carboxylic acids is 2. The van der Waals surface area contributed by atoms with Crippen LogP contribution in [0.1, 0.15) is 38.8 Å². The standard InChI is InChI=1S/C23H23F3N4O2S/c1-14(2)5-6-16-11-15(12-28-19(16)27)13-29-21(32)30(20(31)22(29,3)4)17-7-9-18(10-8-17)33-23(24,25)26/h7-12,14H,13H2,1-4H3,(H2,27,28). The molecule has 0 spiro atoms. The Hall–Kier alpha value is -3.19. The molecule has 6 nitrogen and oxygen atoms in total. The SMILES string of the molecule is CC(C)C#Cc1cc(CN2C(=O)N(c3ccc(SC(F)(F)F)cc3)C(=O)C2(C)C)cnc1N. The molecule has 2 aromatic rings. The van der Waals surface area contributed by atoms with Crippen LogP contribution in [0, 0.1) is 17.8 Å². The van der Waals surface area contributed by atoms with Crippen LogP contribution in [0.5, 0.6) is 0 Å². The normalized spacial score (nSPS) is 15.8. The van der Waals surface area contributed by atoms with Gasteiger partial charge in [0, 0.05) is 17.0 Å². The Morgan fingerprint density at radius 3 is 2.39 bits per heavy atom. The monoisotopic (exact) mass is 476 g/mol. The number of alkyl halides is 3. The fraction of sp³-hybridized carbons (Fsp3) is 0.348. The maximum absolute atomic E-state index is 13.2. The first-order valence-electron chi connectivity index (χ1n) is 10.1. The summed E-state index contributed by atoms with van der Waals surface area (Å²) in [6.45, 7) is 7.21. The van der Waals surface area contributed by atoms with Crippen molar-refractivity contribution in [1.82, 2.24) is 9.88 Å². The lowest BCUT2D eigenvalue weighted by Crippen LogP contribution is -2.43. The van der Waals surface area contributed by atoms with Crippen molar-refractivity contribution in [1.29, 1.82) is 0 Å². The lowest BCUT2D eigenvalue weighted by Gasteiger charge is -2.27. The number of nitrogens with two attached hydrogens (primary N) is 1. The van der Waals surface area contributed by atoms with E-state index < -0.39 is 23.0 Å². The van der Waals surface area contributed by atoms with E-state index >= 15 is 0 Å². The minimum Gasteiger partial charge on any atom is -0.383 e. The topological polar surface area (TPSA) is 79.5 Å². The third-order valence-electron chi connectivity index (χ3n) is 4.96. The molecule has 33 heavy (non-hydrogen) atoms. The highest BCUT2D eigenvalue weighted by molar-refractivity contribution is 8.00. The third-order valence-corrected chi connectivity index (χ3v) is 5.70. The largest absolute Gasteiger partial charge is 0.446 e. The molecule has 1 aliphatic heterocycles. The number of amides is 3. The number of hydrogen-bond acceptors (Lipinski definition) is 5. The summed E-state index contributed by atoms with van der Waals surface area (Å²) in [7, 11) is 0. The summed E-state index contributed by atoms with van der Waals surface area (Å²) < 4.78 is 37.8. The number of thioether (sulfide) groups is 1. The van der Waals surface area contributed by atoms with Crippen LogP contribution < -0.4 is 10.6 Å². The van der Waals surface area contributed by atoms with E-state index in [1.54, 1.807) is 19.9 Å². The highest BCUT2D eigenvalue weighted by Gasteiger charge is 2.51. The number of urea groups is 1. The van der Waals surface area contributed by atoms with E-state index in [-0.39, 0.29) is 40.6 Å². The Bertz CT molecular complexity index is 1140. The zero-order valence-corrected chi connectivity index (χ0v) is 19.3. The predicted octanol–water partition coefficient (Wildman–Crippen LogP) is 5.03. The number of carbonyl (C=O) groups is 2. The zero-order valence-electron chi connectivity index (χ0n) is 18.5. The molecule has 0 radical (unpaired) electrons. The van der Waals surface area contributed by atoms with E-state index in [0.29, 0.717) is 11.1 Å². The number of aromatic nitrogens is 1. The Morgan fingerprint density at radius 2 is 1.82 bits per heavy atom. The molecular weight excluding hydrogens is 453 g/mol. The van der Waals surface area contributed by atoms with Crippen LogP contribution in [0.2, 0.25) is 0 Å². The molecule has 1 aromatic heterocycles. The summed E-state index contributed by atoms with van der Waals surface area (Å²) in [4.78, 5) is 32.7. The quantitative estimate of drug-likeness (QED) is 0.380. The maximum atomic E-state index is 13.2. The van der Waals surface area contributed by atoms with Crippen molar-refractivity contribution in [3.63, 3.8) is 0 Å². The van der Waals surface area contributed by atoms with Gasteiger partial charge in [-0.15, -0.1) is 0 Å². The lowest BCUT2D eigenvalue weighted by atomic mass is 10.0. The summed E-state index contributed by atoms with van der Waals surface area (Å²) in [5.41, 5.74) is 1.68. The van der Waals surface area contributed by atoms with Crippen LogP contribution in [-0.4, -0.2) is 32.9 Å². The second-order valence-corrected chi connectivity index (χ2v) is 9.45. The molecule has 1 aliphatic rings.